The molecule has 0 aliphatic carbocycles. The zero-order valence-electron chi connectivity index (χ0n) is 36.0. The number of hydrogen-bond acceptors (Lipinski definition) is 1. The SMILES string of the molecule is [2H]c1c([2H])c(-c2cccc3cccc(-c4c5ccccc5c(-c5ccc6ccccc6c5)c5ccccc45)c23)c2c(oc3c4c([2H])c([2H])c([2H])c([2H])c4c([2H])c([2H])c32)c1[2H]. The molecule has 0 atom stereocenters. The van der Waals surface area contributed by atoms with Crippen molar-refractivity contribution in [3.8, 4) is 33.4 Å². The summed E-state index contributed by atoms with van der Waals surface area (Å²) in [4.78, 5) is 0. The van der Waals surface area contributed by atoms with E-state index in [4.69, 9.17) is 14.0 Å². The number of furan rings is 1. The first-order chi connectivity index (χ1) is 29.1. The maximum atomic E-state index is 9.51. The minimum Gasteiger partial charge on any atom is -0.455 e. The lowest BCUT2D eigenvalue weighted by atomic mass is 9.83. The molecule has 0 spiro atoms. The molecular formula is C50H30O. The summed E-state index contributed by atoms with van der Waals surface area (Å²) in [5, 5.41) is 8.06. The molecule has 10 aromatic carbocycles. The molecule has 1 heterocycles. The smallest absolute Gasteiger partial charge is 0.143 e. The van der Waals surface area contributed by atoms with Gasteiger partial charge in [0.15, 0.2) is 0 Å². The number of fused-ring (bicyclic) bond motifs is 9. The van der Waals surface area contributed by atoms with E-state index in [1.165, 1.54) is 0 Å². The van der Waals surface area contributed by atoms with Gasteiger partial charge in [-0.15, -0.1) is 0 Å². The Morgan fingerprint density at radius 2 is 1.04 bits per heavy atom. The van der Waals surface area contributed by atoms with Crippen molar-refractivity contribution in [1.29, 1.82) is 0 Å². The quantitative estimate of drug-likeness (QED) is 0.173. The number of rotatable bonds is 3. The molecule has 0 bridgehead atoms. The van der Waals surface area contributed by atoms with Gasteiger partial charge in [-0.25, -0.2) is 0 Å². The molecule has 0 fully saturated rings. The molecule has 0 N–H and O–H groups in total. The Hall–Kier alpha value is -6.70. The maximum absolute atomic E-state index is 9.51. The summed E-state index contributed by atoms with van der Waals surface area (Å²) in [7, 11) is 0. The Morgan fingerprint density at radius 1 is 0.373 bits per heavy atom. The Kier molecular flexibility index (Phi) is 4.43. The van der Waals surface area contributed by atoms with E-state index >= 15 is 0 Å². The Morgan fingerprint density at radius 3 is 1.82 bits per heavy atom. The summed E-state index contributed by atoms with van der Waals surface area (Å²) in [6.07, 6.45) is 0. The maximum Gasteiger partial charge on any atom is 0.143 e. The highest BCUT2D eigenvalue weighted by molar-refractivity contribution is 6.26. The van der Waals surface area contributed by atoms with Gasteiger partial charge in [0.1, 0.15) is 11.2 Å². The highest BCUT2D eigenvalue weighted by atomic mass is 16.3. The van der Waals surface area contributed by atoms with Crippen LogP contribution in [0.3, 0.4) is 0 Å². The van der Waals surface area contributed by atoms with E-state index in [1.54, 1.807) is 0 Å². The molecule has 0 saturated carbocycles. The molecule has 11 rings (SSSR count). The lowest BCUT2D eigenvalue weighted by molar-refractivity contribution is 0.673. The van der Waals surface area contributed by atoms with Crippen LogP contribution in [0.2, 0.25) is 0 Å². The van der Waals surface area contributed by atoms with Crippen LogP contribution < -0.4 is 0 Å². The zero-order chi connectivity index (χ0) is 41.3. The van der Waals surface area contributed by atoms with Crippen LogP contribution in [0.15, 0.2) is 186 Å². The zero-order valence-corrected chi connectivity index (χ0v) is 27.0. The van der Waals surface area contributed by atoms with Crippen LogP contribution in [0.25, 0.3) is 109 Å². The van der Waals surface area contributed by atoms with Crippen LogP contribution in [0.4, 0.5) is 0 Å². The predicted octanol–water partition coefficient (Wildman–Crippen LogP) is 14.4. The standard InChI is InChI=1S/C50H30O/c1-2-14-34-30-35(27-26-31(34)12-1)47-37-18-5-7-20-40(37)48(41-21-8-6-19-38(41)47)43-24-10-16-33-15-9-22-39(46(33)43)42-23-11-25-45-49(42)44-29-28-32-13-3-4-17-36(32)50(44)51-45/h1-30H/i3D,4D,11D,13D,17D,23D,25D,28D,29D. The molecule has 1 nitrogen and oxygen atoms in total. The second-order valence-corrected chi connectivity index (χ2v) is 12.9. The van der Waals surface area contributed by atoms with Crippen LogP contribution in [-0.4, -0.2) is 0 Å². The minimum atomic E-state index is -0.534. The Balaban J connectivity index is 1.29. The van der Waals surface area contributed by atoms with Crippen LogP contribution in [0.1, 0.15) is 12.3 Å². The summed E-state index contributed by atoms with van der Waals surface area (Å²) in [6, 6.07) is 39.6. The van der Waals surface area contributed by atoms with Crippen molar-refractivity contribution in [2.75, 3.05) is 0 Å². The van der Waals surface area contributed by atoms with Gasteiger partial charge >= 0.3 is 0 Å². The average Bonchev–Trinajstić information content (AvgIpc) is 3.67. The lowest BCUT2D eigenvalue weighted by Gasteiger charge is -2.20. The first-order valence-electron chi connectivity index (χ1n) is 21.4. The first kappa shape index (κ1) is 20.7. The fourth-order valence-corrected chi connectivity index (χ4v) is 8.00. The summed E-state index contributed by atoms with van der Waals surface area (Å²) >= 11 is 0. The largest absolute Gasteiger partial charge is 0.455 e. The van der Waals surface area contributed by atoms with Crippen molar-refractivity contribution in [3.05, 3.63) is 182 Å². The van der Waals surface area contributed by atoms with Gasteiger partial charge in [0.05, 0.1) is 12.3 Å². The minimum absolute atomic E-state index is 0.0506. The molecule has 1 heteroatoms. The van der Waals surface area contributed by atoms with Crippen molar-refractivity contribution in [3.63, 3.8) is 0 Å². The van der Waals surface area contributed by atoms with Gasteiger partial charge < -0.3 is 4.42 Å². The van der Waals surface area contributed by atoms with Crippen molar-refractivity contribution in [1.82, 2.24) is 0 Å². The fourth-order valence-electron chi connectivity index (χ4n) is 8.00. The third-order valence-electron chi connectivity index (χ3n) is 10.2. The number of benzene rings is 10. The van der Waals surface area contributed by atoms with Crippen LogP contribution >= 0.6 is 0 Å². The van der Waals surface area contributed by atoms with Gasteiger partial charge in [0, 0.05) is 16.2 Å². The molecule has 236 valence electrons. The summed E-state index contributed by atoms with van der Waals surface area (Å²) in [5.74, 6) is 0. The summed E-state index contributed by atoms with van der Waals surface area (Å²) in [5.41, 5.74) is 4.65. The summed E-state index contributed by atoms with van der Waals surface area (Å²) < 4.78 is 86.5. The van der Waals surface area contributed by atoms with Crippen LogP contribution in [0, 0.1) is 0 Å². The van der Waals surface area contributed by atoms with Gasteiger partial charge in [-0.1, -0.05) is 164 Å². The molecule has 51 heavy (non-hydrogen) atoms. The van der Waals surface area contributed by atoms with Gasteiger partial charge in [0.2, 0.25) is 0 Å². The van der Waals surface area contributed by atoms with E-state index in [0.29, 0.717) is 5.56 Å². The molecule has 11 aromatic rings. The monoisotopic (exact) mass is 655 g/mol. The van der Waals surface area contributed by atoms with Crippen molar-refractivity contribution in [2.24, 2.45) is 0 Å². The molecular weight excluding hydrogens is 617 g/mol. The first-order valence-corrected chi connectivity index (χ1v) is 16.9. The van der Waals surface area contributed by atoms with E-state index in [2.05, 4.69) is 72.8 Å². The van der Waals surface area contributed by atoms with E-state index in [0.717, 1.165) is 65.3 Å². The molecule has 0 amide bonds. The fraction of sp³-hybridized carbons (Fsp3) is 0. The van der Waals surface area contributed by atoms with E-state index in [-0.39, 0.29) is 50.4 Å². The van der Waals surface area contributed by atoms with Crippen LogP contribution in [0.5, 0.6) is 0 Å². The molecule has 0 aliphatic heterocycles. The average molecular weight is 656 g/mol. The van der Waals surface area contributed by atoms with Crippen molar-refractivity contribution < 1.29 is 16.8 Å². The third kappa shape index (κ3) is 4.16. The van der Waals surface area contributed by atoms with E-state index in [1.807, 2.05) is 54.6 Å². The summed E-state index contributed by atoms with van der Waals surface area (Å²) in [6.45, 7) is 0. The lowest BCUT2D eigenvalue weighted by Crippen LogP contribution is -1.93. The molecule has 1 aromatic heterocycles. The van der Waals surface area contributed by atoms with Gasteiger partial charge in [-0.2, -0.15) is 0 Å². The Labute approximate surface area is 307 Å². The predicted molar refractivity (Wildman–Crippen MR) is 218 cm³/mol. The van der Waals surface area contributed by atoms with Gasteiger partial charge in [0.25, 0.3) is 0 Å². The number of hydrogen-bond donors (Lipinski definition) is 0. The molecule has 0 saturated heterocycles. The molecule has 0 aliphatic rings. The van der Waals surface area contributed by atoms with E-state index in [9.17, 15) is 2.74 Å². The van der Waals surface area contributed by atoms with Crippen LogP contribution in [-0.2, 0) is 0 Å². The second kappa shape index (κ2) is 10.9. The van der Waals surface area contributed by atoms with E-state index < -0.39 is 42.3 Å². The van der Waals surface area contributed by atoms with Gasteiger partial charge in [-0.05, 0) is 100 Å². The topological polar surface area (TPSA) is 13.1 Å². The highest BCUT2D eigenvalue weighted by Crippen LogP contribution is 2.48. The normalized spacial score (nSPS) is 14.4. The second-order valence-electron chi connectivity index (χ2n) is 12.9. The molecule has 0 unspecified atom stereocenters. The highest BCUT2D eigenvalue weighted by Gasteiger charge is 2.21. The van der Waals surface area contributed by atoms with Crippen molar-refractivity contribution >= 4 is 75.8 Å². The van der Waals surface area contributed by atoms with Gasteiger partial charge in [-0.3, -0.25) is 0 Å². The van der Waals surface area contributed by atoms with Crippen molar-refractivity contribution in [2.45, 2.75) is 0 Å². The Bertz CT molecular complexity index is 3660. The third-order valence-corrected chi connectivity index (χ3v) is 10.2. The molecule has 0 radical (unpaired) electrons.